The Kier molecular flexibility index (Phi) is 5.98. The van der Waals surface area contributed by atoms with Gasteiger partial charge >= 0.3 is 0 Å². The molecule has 2 rings (SSSR count). The van der Waals surface area contributed by atoms with Gasteiger partial charge in [-0.3, -0.25) is 9.69 Å². The Morgan fingerprint density at radius 3 is 2.50 bits per heavy atom. The Bertz CT molecular complexity index is 508. The van der Waals surface area contributed by atoms with Crippen LogP contribution in [0.5, 0.6) is 0 Å². The van der Waals surface area contributed by atoms with E-state index < -0.39 is 0 Å². The molecule has 1 aliphatic heterocycles. The van der Waals surface area contributed by atoms with Gasteiger partial charge in [0.2, 0.25) is 0 Å². The number of carbonyl (C=O) groups is 1. The highest BCUT2D eigenvalue weighted by Gasteiger charge is 2.24. The highest BCUT2D eigenvalue weighted by molar-refractivity contribution is 5.94. The average Bonchev–Trinajstić information content (AvgIpc) is 2.50. The molecule has 1 saturated heterocycles. The van der Waals surface area contributed by atoms with Gasteiger partial charge in [-0.05, 0) is 43.0 Å². The van der Waals surface area contributed by atoms with Crippen LogP contribution in [0.3, 0.4) is 0 Å². The fourth-order valence-electron chi connectivity index (χ4n) is 2.88. The van der Waals surface area contributed by atoms with Crippen LogP contribution in [0, 0.1) is 19.8 Å². The van der Waals surface area contributed by atoms with Gasteiger partial charge in [0, 0.05) is 31.2 Å². The molecule has 0 radical (unpaired) electrons. The molecule has 1 aromatic rings. The molecule has 122 valence electrons. The molecular weight excluding hydrogens is 276 g/mol. The molecule has 0 aliphatic carbocycles. The van der Waals surface area contributed by atoms with Crippen molar-refractivity contribution in [2.45, 2.75) is 33.7 Å². The molecule has 4 heteroatoms. The monoisotopic (exact) mass is 304 g/mol. The van der Waals surface area contributed by atoms with E-state index >= 15 is 0 Å². The second kappa shape index (κ2) is 7.75. The molecule has 1 fully saturated rings. The third-order valence-electron chi connectivity index (χ3n) is 4.53. The lowest BCUT2D eigenvalue weighted by Crippen LogP contribution is -2.51. The number of nitrogens with zero attached hydrogens (tertiary/aromatic N) is 1. The van der Waals surface area contributed by atoms with Gasteiger partial charge in [-0.2, -0.15) is 0 Å². The smallest absolute Gasteiger partial charge is 0.251 e. The van der Waals surface area contributed by atoms with Gasteiger partial charge in [-0.25, -0.2) is 0 Å². The van der Waals surface area contributed by atoms with Crippen LogP contribution in [0.25, 0.3) is 0 Å². The van der Waals surface area contributed by atoms with Crippen LogP contribution in [0.4, 0.5) is 0 Å². The number of aryl methyl sites for hydroxylation is 2. The maximum absolute atomic E-state index is 12.4. The zero-order valence-corrected chi connectivity index (χ0v) is 14.2. The molecule has 0 bridgehead atoms. The first kappa shape index (κ1) is 17.0. The zero-order chi connectivity index (χ0) is 16.1. The van der Waals surface area contributed by atoms with E-state index in [9.17, 15) is 4.79 Å². The van der Waals surface area contributed by atoms with E-state index in [0.29, 0.717) is 18.5 Å². The van der Waals surface area contributed by atoms with Gasteiger partial charge in [0.15, 0.2) is 0 Å². The Hall–Kier alpha value is -1.39. The number of nitrogens with one attached hydrogen (secondary N) is 1. The average molecular weight is 304 g/mol. The largest absolute Gasteiger partial charge is 0.379 e. The number of hydrogen-bond acceptors (Lipinski definition) is 3. The number of rotatable bonds is 5. The second-order valence-electron chi connectivity index (χ2n) is 6.47. The lowest BCUT2D eigenvalue weighted by Gasteiger charge is -2.36. The van der Waals surface area contributed by atoms with Crippen molar-refractivity contribution in [1.29, 1.82) is 0 Å². The molecule has 1 N–H and O–H groups in total. The maximum Gasteiger partial charge on any atom is 0.251 e. The van der Waals surface area contributed by atoms with E-state index in [1.54, 1.807) is 0 Å². The zero-order valence-electron chi connectivity index (χ0n) is 14.2. The predicted molar refractivity (Wildman–Crippen MR) is 89.3 cm³/mol. The summed E-state index contributed by atoms with van der Waals surface area (Å²) in [5.41, 5.74) is 3.11. The van der Waals surface area contributed by atoms with Crippen molar-refractivity contribution >= 4 is 5.91 Å². The van der Waals surface area contributed by atoms with Gasteiger partial charge in [-0.15, -0.1) is 0 Å². The minimum atomic E-state index is 0.0157. The van der Waals surface area contributed by atoms with Crippen molar-refractivity contribution in [2.24, 2.45) is 5.92 Å². The van der Waals surface area contributed by atoms with Crippen LogP contribution in [-0.2, 0) is 4.74 Å². The topological polar surface area (TPSA) is 41.6 Å². The third kappa shape index (κ3) is 4.31. The number of ether oxygens (including phenoxy) is 1. The molecule has 1 atom stereocenters. The summed E-state index contributed by atoms with van der Waals surface area (Å²) >= 11 is 0. The summed E-state index contributed by atoms with van der Waals surface area (Å²) in [4.78, 5) is 14.8. The maximum atomic E-state index is 12.4. The summed E-state index contributed by atoms with van der Waals surface area (Å²) in [5, 5.41) is 3.10. The van der Waals surface area contributed by atoms with Crippen LogP contribution < -0.4 is 5.32 Å². The minimum absolute atomic E-state index is 0.0157. The van der Waals surface area contributed by atoms with Crippen molar-refractivity contribution in [3.63, 3.8) is 0 Å². The van der Waals surface area contributed by atoms with Crippen molar-refractivity contribution in [3.8, 4) is 0 Å². The Morgan fingerprint density at radius 2 is 1.91 bits per heavy atom. The summed E-state index contributed by atoms with van der Waals surface area (Å²) in [5.74, 6) is 0.514. The molecule has 1 amide bonds. The first-order valence-corrected chi connectivity index (χ1v) is 8.16. The molecule has 1 unspecified atom stereocenters. The highest BCUT2D eigenvalue weighted by Crippen LogP contribution is 2.13. The van der Waals surface area contributed by atoms with Gasteiger partial charge in [0.25, 0.3) is 5.91 Å². The molecular formula is C18H28N2O2. The SMILES string of the molecule is Cc1ccc(C(=O)NCC(C(C)C)N2CCOCC2)cc1C. The third-order valence-corrected chi connectivity index (χ3v) is 4.53. The van der Waals surface area contributed by atoms with E-state index in [-0.39, 0.29) is 5.91 Å². The summed E-state index contributed by atoms with van der Waals surface area (Å²) in [7, 11) is 0. The highest BCUT2D eigenvalue weighted by atomic mass is 16.5. The van der Waals surface area contributed by atoms with Crippen molar-refractivity contribution in [3.05, 3.63) is 34.9 Å². The van der Waals surface area contributed by atoms with Crippen LogP contribution in [0.15, 0.2) is 18.2 Å². The quantitative estimate of drug-likeness (QED) is 0.908. The Labute approximate surface area is 133 Å². The summed E-state index contributed by atoms with van der Waals surface area (Å²) in [6, 6.07) is 6.23. The lowest BCUT2D eigenvalue weighted by molar-refractivity contribution is 0.00673. The first-order chi connectivity index (χ1) is 10.5. The van der Waals surface area contributed by atoms with Gasteiger partial charge in [0.1, 0.15) is 0 Å². The van der Waals surface area contributed by atoms with Crippen molar-refractivity contribution in [2.75, 3.05) is 32.8 Å². The fourth-order valence-corrected chi connectivity index (χ4v) is 2.88. The van der Waals surface area contributed by atoms with Crippen LogP contribution >= 0.6 is 0 Å². The van der Waals surface area contributed by atoms with Crippen LogP contribution in [-0.4, -0.2) is 49.7 Å². The summed E-state index contributed by atoms with van der Waals surface area (Å²) in [6.45, 7) is 12.7. The first-order valence-electron chi connectivity index (χ1n) is 8.16. The summed E-state index contributed by atoms with van der Waals surface area (Å²) in [6.07, 6.45) is 0. The number of benzene rings is 1. The Morgan fingerprint density at radius 1 is 1.23 bits per heavy atom. The molecule has 1 aromatic carbocycles. The normalized spacial score (nSPS) is 17.5. The molecule has 4 nitrogen and oxygen atoms in total. The van der Waals surface area contributed by atoms with E-state index in [1.165, 1.54) is 5.56 Å². The van der Waals surface area contributed by atoms with Gasteiger partial charge < -0.3 is 10.1 Å². The fraction of sp³-hybridized carbons (Fsp3) is 0.611. The molecule has 1 aliphatic rings. The molecule has 0 spiro atoms. The van der Waals surface area contributed by atoms with Gasteiger partial charge in [0.05, 0.1) is 13.2 Å². The van der Waals surface area contributed by atoms with Crippen LogP contribution in [0.1, 0.15) is 35.3 Å². The molecule has 1 heterocycles. The predicted octanol–water partition coefficient (Wildman–Crippen LogP) is 2.39. The van der Waals surface area contributed by atoms with E-state index in [1.807, 2.05) is 25.1 Å². The number of amides is 1. The number of carbonyl (C=O) groups excluding carboxylic acids is 1. The van der Waals surface area contributed by atoms with Crippen molar-refractivity contribution < 1.29 is 9.53 Å². The van der Waals surface area contributed by atoms with Gasteiger partial charge in [-0.1, -0.05) is 19.9 Å². The molecule has 0 aromatic heterocycles. The summed E-state index contributed by atoms with van der Waals surface area (Å²) < 4.78 is 5.42. The minimum Gasteiger partial charge on any atom is -0.379 e. The van der Waals surface area contributed by atoms with E-state index in [2.05, 4.69) is 31.0 Å². The molecule has 0 saturated carbocycles. The van der Waals surface area contributed by atoms with E-state index in [4.69, 9.17) is 4.74 Å². The van der Waals surface area contributed by atoms with E-state index in [0.717, 1.165) is 37.4 Å². The number of morpholine rings is 1. The molecule has 22 heavy (non-hydrogen) atoms. The van der Waals surface area contributed by atoms with Crippen molar-refractivity contribution in [1.82, 2.24) is 10.2 Å². The Balaban J connectivity index is 1.96. The number of hydrogen-bond donors (Lipinski definition) is 1. The lowest BCUT2D eigenvalue weighted by atomic mass is 10.0. The second-order valence-corrected chi connectivity index (χ2v) is 6.47. The standard InChI is InChI=1S/C18H28N2O2/c1-13(2)17(20-7-9-22-10-8-20)12-19-18(21)16-6-5-14(3)15(4)11-16/h5-6,11,13,17H,7-10,12H2,1-4H3,(H,19,21). The van der Waals surface area contributed by atoms with Crippen LogP contribution in [0.2, 0.25) is 0 Å².